The Morgan fingerprint density at radius 3 is 1.73 bits per heavy atom. The molecule has 0 saturated heterocycles. The first-order chi connectivity index (χ1) is 30.8. The minimum absolute atomic E-state index is 0.0619. The number of aromatic nitrogens is 4. The average molecular weight is 877 g/mol. The zero-order valence-electron chi connectivity index (χ0n) is 36.4. The standard InChI is InChI=1S/C45H60N6O12/c1-33-42(35(3)63-50-33)38-30-41-43(49-31-38)39(32-51(41)34(2)40-6-4-5-11-47-40)36-7-9-37(10-8-36)44(52)48-12-13-54-14-15-55-16-17-56-18-19-57-20-21-58-22-23-59-24-25-60-26-27-61-28-29-62-45(46)53/h4-11,30-32,34H,12-29H2,1-3H3,(H2,46,53)(H,48,52)/t34-/m0/s1. The van der Waals surface area contributed by atoms with Crippen LogP contribution in [0.1, 0.15) is 40.5 Å². The molecular weight excluding hydrogens is 817 g/mol. The highest BCUT2D eigenvalue weighted by Gasteiger charge is 2.20. The van der Waals surface area contributed by atoms with Crippen molar-refractivity contribution in [1.82, 2.24) is 25.0 Å². The Balaban J connectivity index is 0.881. The fourth-order valence-corrected chi connectivity index (χ4v) is 6.44. The van der Waals surface area contributed by atoms with Crippen LogP contribution < -0.4 is 11.1 Å². The maximum atomic E-state index is 12.9. The highest BCUT2D eigenvalue weighted by atomic mass is 16.6. The van der Waals surface area contributed by atoms with E-state index in [2.05, 4.69) is 43.9 Å². The first-order valence-corrected chi connectivity index (χ1v) is 21.1. The number of aryl methyl sites for hydroxylation is 2. The van der Waals surface area contributed by atoms with Crippen LogP contribution in [0.4, 0.5) is 4.79 Å². The molecular formula is C45H60N6O12. The molecule has 0 bridgehead atoms. The van der Waals surface area contributed by atoms with Gasteiger partial charge in [0.25, 0.3) is 5.91 Å². The van der Waals surface area contributed by atoms with E-state index in [0.29, 0.717) is 111 Å². The number of nitrogens with one attached hydrogen (secondary N) is 1. The van der Waals surface area contributed by atoms with Crippen LogP contribution >= 0.6 is 0 Å². The molecule has 0 spiro atoms. The van der Waals surface area contributed by atoms with Crippen LogP contribution in [0.5, 0.6) is 0 Å². The van der Waals surface area contributed by atoms with Crippen molar-refractivity contribution < 1.29 is 56.7 Å². The maximum absolute atomic E-state index is 12.9. The number of ether oxygens (including phenoxy) is 9. The van der Waals surface area contributed by atoms with E-state index in [0.717, 1.165) is 50.4 Å². The number of hydrogen-bond donors (Lipinski definition) is 2. The fraction of sp³-hybridized carbons (Fsp3) is 0.489. The summed E-state index contributed by atoms with van der Waals surface area (Å²) in [6.07, 6.45) is 4.94. The lowest BCUT2D eigenvalue weighted by Gasteiger charge is -2.15. The van der Waals surface area contributed by atoms with Crippen LogP contribution in [0.25, 0.3) is 33.3 Å². The van der Waals surface area contributed by atoms with Crippen LogP contribution in [0.3, 0.4) is 0 Å². The van der Waals surface area contributed by atoms with Gasteiger partial charge in [-0.1, -0.05) is 23.4 Å². The van der Waals surface area contributed by atoms with Gasteiger partial charge in [-0.05, 0) is 56.7 Å². The number of fused-ring (bicyclic) bond motifs is 1. The third kappa shape index (κ3) is 16.4. The normalized spacial score (nSPS) is 11.9. The number of benzene rings is 1. The van der Waals surface area contributed by atoms with Gasteiger partial charge in [0.15, 0.2) is 0 Å². The summed E-state index contributed by atoms with van der Waals surface area (Å²) >= 11 is 0. The van der Waals surface area contributed by atoms with Crippen molar-refractivity contribution in [2.24, 2.45) is 5.73 Å². The summed E-state index contributed by atoms with van der Waals surface area (Å²) in [6, 6.07) is 15.5. The number of amides is 2. The fourth-order valence-electron chi connectivity index (χ4n) is 6.44. The third-order valence-corrected chi connectivity index (χ3v) is 9.59. The number of carbonyl (C=O) groups is 2. The molecule has 63 heavy (non-hydrogen) atoms. The third-order valence-electron chi connectivity index (χ3n) is 9.59. The van der Waals surface area contributed by atoms with Crippen molar-refractivity contribution in [2.45, 2.75) is 26.8 Å². The molecule has 18 heteroatoms. The van der Waals surface area contributed by atoms with E-state index in [4.69, 9.17) is 53.1 Å². The Labute approximate surface area is 367 Å². The Kier molecular flexibility index (Phi) is 21.4. The predicted molar refractivity (Wildman–Crippen MR) is 233 cm³/mol. The summed E-state index contributed by atoms with van der Waals surface area (Å²) in [4.78, 5) is 32.9. The molecule has 0 radical (unpaired) electrons. The van der Waals surface area contributed by atoms with Crippen LogP contribution in [-0.2, 0) is 42.6 Å². The molecule has 342 valence electrons. The summed E-state index contributed by atoms with van der Waals surface area (Å²) in [7, 11) is 0. The molecule has 1 aromatic carbocycles. The Morgan fingerprint density at radius 1 is 0.698 bits per heavy atom. The molecule has 2 amide bonds. The van der Waals surface area contributed by atoms with Crippen LogP contribution in [0.2, 0.25) is 0 Å². The number of pyridine rings is 2. The second-order valence-corrected chi connectivity index (χ2v) is 14.1. The minimum Gasteiger partial charge on any atom is -0.447 e. The van der Waals surface area contributed by atoms with E-state index in [1.165, 1.54) is 0 Å². The van der Waals surface area contributed by atoms with Gasteiger partial charge < -0.3 is 62.8 Å². The molecule has 18 nitrogen and oxygen atoms in total. The number of carbonyl (C=O) groups excluding carboxylic acids is 2. The second kappa shape index (κ2) is 27.7. The van der Waals surface area contributed by atoms with Gasteiger partial charge in [-0.25, -0.2) is 4.79 Å². The molecule has 1 atom stereocenters. The highest BCUT2D eigenvalue weighted by Crippen LogP contribution is 2.36. The van der Waals surface area contributed by atoms with Crippen molar-refractivity contribution in [3.8, 4) is 22.3 Å². The van der Waals surface area contributed by atoms with E-state index < -0.39 is 6.09 Å². The summed E-state index contributed by atoms with van der Waals surface area (Å²) in [5.74, 6) is 0.558. The van der Waals surface area contributed by atoms with E-state index in [1.807, 2.05) is 62.5 Å². The molecule has 5 rings (SSSR count). The SMILES string of the molecule is Cc1noc(C)c1-c1cnc2c(-c3ccc(C(=O)NCCOCCOCCOCCOCCOCCOCCOCCOCCOC(N)=O)cc3)cn([C@@H](C)c3ccccn3)c2c1. The number of rotatable bonds is 32. The topological polar surface area (TPSA) is 212 Å². The smallest absolute Gasteiger partial charge is 0.404 e. The minimum atomic E-state index is -0.819. The first-order valence-electron chi connectivity index (χ1n) is 21.1. The Bertz CT molecular complexity index is 2060. The lowest BCUT2D eigenvalue weighted by Crippen LogP contribution is -2.27. The Hall–Kier alpha value is -5.31. The molecule has 0 aliphatic rings. The molecule has 0 aliphatic carbocycles. The highest BCUT2D eigenvalue weighted by molar-refractivity contribution is 5.97. The summed E-state index contributed by atoms with van der Waals surface area (Å²) in [6.45, 7) is 13.2. The van der Waals surface area contributed by atoms with E-state index >= 15 is 0 Å². The Morgan fingerprint density at radius 2 is 1.24 bits per heavy atom. The van der Waals surface area contributed by atoms with Gasteiger partial charge in [0, 0.05) is 47.4 Å². The predicted octanol–water partition coefficient (Wildman–Crippen LogP) is 4.94. The monoisotopic (exact) mass is 876 g/mol. The van der Waals surface area contributed by atoms with Crippen LogP contribution in [0.15, 0.2) is 71.6 Å². The molecule has 0 unspecified atom stereocenters. The lowest BCUT2D eigenvalue weighted by atomic mass is 10.0. The molecule has 5 aromatic rings. The van der Waals surface area contributed by atoms with Crippen molar-refractivity contribution in [3.63, 3.8) is 0 Å². The van der Waals surface area contributed by atoms with Crippen molar-refractivity contribution in [1.29, 1.82) is 0 Å². The first kappa shape index (κ1) is 48.7. The molecule has 0 aliphatic heterocycles. The molecule has 0 fully saturated rings. The molecule has 4 aromatic heterocycles. The zero-order chi connectivity index (χ0) is 44.5. The van der Waals surface area contributed by atoms with E-state index in [9.17, 15) is 9.59 Å². The van der Waals surface area contributed by atoms with Crippen molar-refractivity contribution in [3.05, 3.63) is 89.8 Å². The van der Waals surface area contributed by atoms with Crippen molar-refractivity contribution in [2.75, 3.05) is 119 Å². The van der Waals surface area contributed by atoms with Crippen molar-refractivity contribution >= 4 is 23.0 Å². The van der Waals surface area contributed by atoms with Gasteiger partial charge in [0.05, 0.1) is 134 Å². The largest absolute Gasteiger partial charge is 0.447 e. The zero-order valence-corrected chi connectivity index (χ0v) is 36.4. The van der Waals surface area contributed by atoms with Gasteiger partial charge in [-0.15, -0.1) is 0 Å². The van der Waals surface area contributed by atoms with E-state index in [-0.39, 0.29) is 25.2 Å². The van der Waals surface area contributed by atoms with Gasteiger partial charge in [-0.2, -0.15) is 0 Å². The van der Waals surface area contributed by atoms with Gasteiger partial charge in [-0.3, -0.25) is 14.8 Å². The lowest BCUT2D eigenvalue weighted by molar-refractivity contribution is -0.0238. The van der Waals surface area contributed by atoms with Gasteiger partial charge >= 0.3 is 6.09 Å². The number of hydrogen-bond acceptors (Lipinski definition) is 15. The van der Waals surface area contributed by atoms with Crippen LogP contribution in [0, 0.1) is 13.8 Å². The second-order valence-electron chi connectivity index (χ2n) is 14.1. The molecule has 3 N–H and O–H groups in total. The van der Waals surface area contributed by atoms with Gasteiger partial charge in [0.1, 0.15) is 12.4 Å². The maximum Gasteiger partial charge on any atom is 0.404 e. The number of nitrogens with two attached hydrogens (primary N) is 1. The van der Waals surface area contributed by atoms with Gasteiger partial charge in [0.2, 0.25) is 0 Å². The quantitative estimate of drug-likeness (QED) is 0.0548. The summed E-state index contributed by atoms with van der Waals surface area (Å²) < 4.78 is 55.9. The number of primary amides is 1. The van der Waals surface area contributed by atoms with Crippen LogP contribution in [-0.4, -0.2) is 151 Å². The summed E-state index contributed by atoms with van der Waals surface area (Å²) in [5, 5.41) is 7.06. The number of nitrogens with zero attached hydrogens (tertiary/aromatic N) is 4. The summed E-state index contributed by atoms with van der Waals surface area (Å²) in [5.41, 5.74) is 12.7. The average Bonchev–Trinajstić information content (AvgIpc) is 3.85. The molecule has 0 saturated carbocycles. The molecule has 4 heterocycles. The van der Waals surface area contributed by atoms with E-state index in [1.54, 1.807) is 6.20 Å².